The predicted octanol–water partition coefficient (Wildman–Crippen LogP) is 2.39. The summed E-state index contributed by atoms with van der Waals surface area (Å²) in [4.78, 5) is 12.6. The van der Waals surface area contributed by atoms with Crippen LogP contribution in [-0.4, -0.2) is 41.2 Å². The van der Waals surface area contributed by atoms with E-state index < -0.39 is 5.79 Å². The molecule has 1 aromatic carbocycles. The first-order valence-electron chi connectivity index (χ1n) is 8.22. The number of nitrogens with one attached hydrogen (secondary N) is 1. The van der Waals surface area contributed by atoms with Crippen molar-refractivity contribution in [3.63, 3.8) is 0 Å². The molecule has 2 aromatic rings. The van der Waals surface area contributed by atoms with Gasteiger partial charge in [-0.3, -0.25) is 4.79 Å². The molecule has 6 heteroatoms. The van der Waals surface area contributed by atoms with Gasteiger partial charge in [-0.15, -0.1) is 0 Å². The fourth-order valence-electron chi connectivity index (χ4n) is 3.02. The third kappa shape index (κ3) is 3.83. The topological polar surface area (TPSA) is 65.4 Å². The highest BCUT2D eigenvalue weighted by atomic mass is 16.7. The van der Waals surface area contributed by atoms with E-state index in [-0.39, 0.29) is 11.8 Å². The van der Waals surface area contributed by atoms with E-state index in [1.165, 1.54) is 0 Å². The SMILES string of the molecule is C[C@H](CNC(=O)c1ccccc1-n1cccn1)CC1(C)OCCO1. The molecule has 0 aliphatic carbocycles. The van der Waals surface area contributed by atoms with Gasteiger partial charge in [0.25, 0.3) is 5.91 Å². The van der Waals surface area contributed by atoms with Crippen molar-refractivity contribution in [2.24, 2.45) is 5.92 Å². The van der Waals surface area contributed by atoms with Gasteiger partial charge < -0.3 is 14.8 Å². The fourth-order valence-corrected chi connectivity index (χ4v) is 3.02. The second-order valence-electron chi connectivity index (χ2n) is 6.32. The molecule has 1 aliphatic rings. The molecular formula is C18H23N3O3. The largest absolute Gasteiger partial charge is 0.352 e. The molecule has 1 N–H and O–H groups in total. The van der Waals surface area contributed by atoms with E-state index in [0.29, 0.717) is 25.3 Å². The van der Waals surface area contributed by atoms with Crippen molar-refractivity contribution in [3.05, 3.63) is 48.3 Å². The summed E-state index contributed by atoms with van der Waals surface area (Å²) in [7, 11) is 0. The number of amides is 1. The Morgan fingerprint density at radius 1 is 1.33 bits per heavy atom. The summed E-state index contributed by atoms with van der Waals surface area (Å²) in [5.41, 5.74) is 1.37. The zero-order valence-electron chi connectivity index (χ0n) is 14.1. The molecule has 1 fully saturated rings. The minimum absolute atomic E-state index is 0.105. The van der Waals surface area contributed by atoms with Crippen molar-refractivity contribution >= 4 is 5.91 Å². The molecule has 0 unspecified atom stereocenters. The van der Waals surface area contributed by atoms with E-state index in [2.05, 4.69) is 17.3 Å². The van der Waals surface area contributed by atoms with Crippen LogP contribution in [0, 0.1) is 5.92 Å². The van der Waals surface area contributed by atoms with E-state index in [1.54, 1.807) is 10.9 Å². The molecule has 0 saturated carbocycles. The molecule has 1 amide bonds. The van der Waals surface area contributed by atoms with Gasteiger partial charge in [0.15, 0.2) is 5.79 Å². The lowest BCUT2D eigenvalue weighted by molar-refractivity contribution is -0.153. The van der Waals surface area contributed by atoms with Crippen LogP contribution in [0.15, 0.2) is 42.7 Å². The Hall–Kier alpha value is -2.18. The molecule has 0 radical (unpaired) electrons. The van der Waals surface area contributed by atoms with E-state index >= 15 is 0 Å². The van der Waals surface area contributed by atoms with Gasteiger partial charge in [0, 0.05) is 25.4 Å². The molecule has 1 saturated heterocycles. The third-order valence-electron chi connectivity index (χ3n) is 4.13. The maximum Gasteiger partial charge on any atom is 0.253 e. The monoisotopic (exact) mass is 329 g/mol. The highest BCUT2D eigenvalue weighted by molar-refractivity contribution is 5.97. The number of nitrogens with zero attached hydrogens (tertiary/aromatic N) is 2. The zero-order chi connectivity index (χ0) is 17.0. The molecule has 2 heterocycles. The van der Waals surface area contributed by atoms with Gasteiger partial charge >= 0.3 is 0 Å². The Labute approximate surface area is 141 Å². The number of hydrogen-bond acceptors (Lipinski definition) is 4. The quantitative estimate of drug-likeness (QED) is 0.884. The first-order chi connectivity index (χ1) is 11.6. The third-order valence-corrected chi connectivity index (χ3v) is 4.13. The van der Waals surface area contributed by atoms with Crippen LogP contribution in [0.3, 0.4) is 0 Å². The van der Waals surface area contributed by atoms with Gasteiger partial charge in [-0.05, 0) is 31.0 Å². The van der Waals surface area contributed by atoms with E-state index in [0.717, 1.165) is 12.1 Å². The Balaban J connectivity index is 1.61. The van der Waals surface area contributed by atoms with Crippen LogP contribution >= 0.6 is 0 Å². The molecule has 3 rings (SSSR count). The van der Waals surface area contributed by atoms with Crippen LogP contribution < -0.4 is 5.32 Å². The van der Waals surface area contributed by atoms with Crippen molar-refractivity contribution in [3.8, 4) is 5.69 Å². The lowest BCUT2D eigenvalue weighted by Crippen LogP contribution is -2.34. The van der Waals surface area contributed by atoms with Crippen molar-refractivity contribution in [2.45, 2.75) is 26.1 Å². The lowest BCUT2D eigenvalue weighted by Gasteiger charge is -2.26. The lowest BCUT2D eigenvalue weighted by atomic mass is 10.0. The summed E-state index contributed by atoms with van der Waals surface area (Å²) in [6, 6.07) is 9.27. The number of carbonyl (C=O) groups is 1. The van der Waals surface area contributed by atoms with Gasteiger partial charge in [0.1, 0.15) is 0 Å². The number of para-hydroxylation sites is 1. The first kappa shape index (κ1) is 16.7. The number of ether oxygens (including phenoxy) is 2. The van der Waals surface area contributed by atoms with Crippen LogP contribution in [0.4, 0.5) is 0 Å². The minimum atomic E-state index is -0.531. The first-order valence-corrected chi connectivity index (χ1v) is 8.22. The average Bonchev–Trinajstić information content (AvgIpc) is 3.24. The average molecular weight is 329 g/mol. The van der Waals surface area contributed by atoms with Crippen LogP contribution in [0.1, 0.15) is 30.6 Å². The van der Waals surface area contributed by atoms with Crippen molar-refractivity contribution in [2.75, 3.05) is 19.8 Å². The highest BCUT2D eigenvalue weighted by Crippen LogP contribution is 2.26. The summed E-state index contributed by atoms with van der Waals surface area (Å²) in [6.07, 6.45) is 4.26. The molecule has 0 bridgehead atoms. The Morgan fingerprint density at radius 3 is 2.79 bits per heavy atom. The maximum absolute atomic E-state index is 12.6. The molecule has 24 heavy (non-hydrogen) atoms. The Kier molecular flexibility index (Phi) is 4.97. The fraction of sp³-hybridized carbons (Fsp3) is 0.444. The van der Waals surface area contributed by atoms with Gasteiger partial charge in [0.05, 0.1) is 24.5 Å². The Morgan fingerprint density at radius 2 is 2.08 bits per heavy atom. The summed E-state index contributed by atoms with van der Waals surface area (Å²) in [5, 5.41) is 7.21. The van der Waals surface area contributed by atoms with E-state index in [1.807, 2.05) is 43.5 Å². The summed E-state index contributed by atoms with van der Waals surface area (Å²) in [6.45, 7) is 5.86. The smallest absolute Gasteiger partial charge is 0.253 e. The second kappa shape index (κ2) is 7.15. The van der Waals surface area contributed by atoms with Crippen LogP contribution in [0.5, 0.6) is 0 Å². The number of benzene rings is 1. The Bertz CT molecular complexity index is 679. The van der Waals surface area contributed by atoms with Crippen molar-refractivity contribution in [1.29, 1.82) is 0 Å². The molecule has 1 aliphatic heterocycles. The number of hydrogen-bond donors (Lipinski definition) is 1. The summed E-state index contributed by atoms with van der Waals surface area (Å²) in [5.74, 6) is -0.391. The van der Waals surface area contributed by atoms with Crippen molar-refractivity contribution < 1.29 is 14.3 Å². The highest BCUT2D eigenvalue weighted by Gasteiger charge is 2.32. The molecule has 1 aromatic heterocycles. The zero-order valence-corrected chi connectivity index (χ0v) is 14.1. The van der Waals surface area contributed by atoms with Gasteiger partial charge in [-0.25, -0.2) is 4.68 Å². The summed E-state index contributed by atoms with van der Waals surface area (Å²) < 4.78 is 12.9. The number of aromatic nitrogens is 2. The number of rotatable bonds is 6. The predicted molar refractivity (Wildman–Crippen MR) is 90.0 cm³/mol. The molecule has 128 valence electrons. The van der Waals surface area contributed by atoms with Crippen LogP contribution in [0.25, 0.3) is 5.69 Å². The minimum Gasteiger partial charge on any atom is -0.352 e. The number of carbonyl (C=O) groups excluding carboxylic acids is 1. The summed E-state index contributed by atoms with van der Waals surface area (Å²) >= 11 is 0. The van der Waals surface area contributed by atoms with E-state index in [4.69, 9.17) is 9.47 Å². The second-order valence-corrected chi connectivity index (χ2v) is 6.32. The van der Waals surface area contributed by atoms with Gasteiger partial charge in [-0.2, -0.15) is 5.10 Å². The normalized spacial score (nSPS) is 17.6. The molecule has 6 nitrogen and oxygen atoms in total. The van der Waals surface area contributed by atoms with Crippen molar-refractivity contribution in [1.82, 2.24) is 15.1 Å². The van der Waals surface area contributed by atoms with E-state index in [9.17, 15) is 4.79 Å². The van der Waals surface area contributed by atoms with Crippen LogP contribution in [0.2, 0.25) is 0 Å². The van der Waals surface area contributed by atoms with Crippen LogP contribution in [-0.2, 0) is 9.47 Å². The molecule has 0 spiro atoms. The standard InChI is InChI=1S/C18H23N3O3/c1-14(12-18(2)23-10-11-24-18)13-19-17(22)15-6-3-4-7-16(15)21-9-5-8-20-21/h3-9,14H,10-13H2,1-2H3,(H,19,22)/t14-/m0/s1. The maximum atomic E-state index is 12.6. The van der Waals surface area contributed by atoms with Gasteiger partial charge in [-0.1, -0.05) is 19.1 Å². The molecule has 1 atom stereocenters. The molecular weight excluding hydrogens is 306 g/mol. The van der Waals surface area contributed by atoms with Gasteiger partial charge in [0.2, 0.25) is 0 Å².